The van der Waals surface area contributed by atoms with Gasteiger partial charge in [0.25, 0.3) is 11.8 Å². The summed E-state index contributed by atoms with van der Waals surface area (Å²) >= 11 is 0. The maximum Gasteiger partial charge on any atom is 0.282 e. The second-order valence-electron chi connectivity index (χ2n) is 7.65. The van der Waals surface area contributed by atoms with Gasteiger partial charge < -0.3 is 19.5 Å². The lowest BCUT2D eigenvalue weighted by Crippen LogP contribution is -2.48. The molecule has 1 N–H and O–H groups in total. The quantitative estimate of drug-likeness (QED) is 0.659. The molecule has 32 heavy (non-hydrogen) atoms. The van der Waals surface area contributed by atoms with Crippen LogP contribution in [-0.2, 0) is 9.59 Å². The van der Waals surface area contributed by atoms with Crippen LogP contribution in [0.1, 0.15) is 5.56 Å². The van der Waals surface area contributed by atoms with Crippen molar-refractivity contribution in [2.45, 2.75) is 0 Å². The number of methoxy groups -OCH3 is 2. The molecule has 0 atom stereocenters. The van der Waals surface area contributed by atoms with Crippen molar-refractivity contribution in [1.29, 1.82) is 0 Å². The molecule has 0 spiro atoms. The molecule has 0 bridgehead atoms. The Morgan fingerprint density at radius 3 is 2.19 bits per heavy atom. The van der Waals surface area contributed by atoms with E-state index in [0.717, 1.165) is 0 Å². The molecule has 8 nitrogen and oxygen atoms in total. The SMILES string of the molecule is COc1ccc(C2=C(N3CCN(CCO)CC3)C(=O)N(c3cccc(OC)c3)C2=O)cc1. The maximum absolute atomic E-state index is 13.6. The van der Waals surface area contributed by atoms with E-state index in [4.69, 9.17) is 9.47 Å². The maximum atomic E-state index is 13.6. The first-order valence-corrected chi connectivity index (χ1v) is 10.6. The van der Waals surface area contributed by atoms with Crippen LogP contribution in [0.3, 0.4) is 0 Å². The van der Waals surface area contributed by atoms with Gasteiger partial charge in [-0.2, -0.15) is 0 Å². The fraction of sp³-hybridized carbons (Fsp3) is 0.333. The molecule has 1 fully saturated rings. The summed E-state index contributed by atoms with van der Waals surface area (Å²) in [6.45, 7) is 3.31. The molecule has 0 saturated carbocycles. The number of piperazine rings is 1. The zero-order chi connectivity index (χ0) is 22.7. The van der Waals surface area contributed by atoms with Crippen LogP contribution in [0.15, 0.2) is 54.2 Å². The van der Waals surface area contributed by atoms with Gasteiger partial charge in [-0.05, 0) is 29.8 Å². The molecular formula is C24H27N3O5. The number of hydrogen-bond acceptors (Lipinski definition) is 7. The van der Waals surface area contributed by atoms with Gasteiger partial charge >= 0.3 is 0 Å². The van der Waals surface area contributed by atoms with Crippen molar-refractivity contribution in [2.75, 3.05) is 58.5 Å². The average molecular weight is 437 g/mol. The third-order valence-electron chi connectivity index (χ3n) is 5.85. The fourth-order valence-corrected chi connectivity index (χ4v) is 4.15. The van der Waals surface area contributed by atoms with Crippen LogP contribution in [0.25, 0.3) is 5.57 Å². The molecule has 0 radical (unpaired) electrons. The predicted octanol–water partition coefficient (Wildman–Crippen LogP) is 1.60. The van der Waals surface area contributed by atoms with Gasteiger partial charge in [0.05, 0.1) is 32.1 Å². The molecule has 4 rings (SSSR count). The van der Waals surface area contributed by atoms with Crippen LogP contribution in [0.5, 0.6) is 11.5 Å². The summed E-state index contributed by atoms with van der Waals surface area (Å²) in [5, 5.41) is 9.22. The summed E-state index contributed by atoms with van der Waals surface area (Å²) in [5.74, 6) is 0.543. The Morgan fingerprint density at radius 1 is 0.875 bits per heavy atom. The molecule has 0 unspecified atom stereocenters. The summed E-state index contributed by atoms with van der Waals surface area (Å²) in [7, 11) is 3.13. The number of ether oxygens (including phenoxy) is 2. The molecular weight excluding hydrogens is 410 g/mol. The van der Waals surface area contributed by atoms with E-state index in [1.54, 1.807) is 62.8 Å². The minimum Gasteiger partial charge on any atom is -0.497 e. The topological polar surface area (TPSA) is 82.6 Å². The minimum absolute atomic E-state index is 0.0980. The lowest BCUT2D eigenvalue weighted by molar-refractivity contribution is -0.120. The van der Waals surface area contributed by atoms with Crippen molar-refractivity contribution in [3.8, 4) is 11.5 Å². The monoisotopic (exact) mass is 437 g/mol. The van der Waals surface area contributed by atoms with Gasteiger partial charge in [0.15, 0.2) is 0 Å². The Hall–Kier alpha value is -3.36. The molecule has 2 aliphatic heterocycles. The fourth-order valence-electron chi connectivity index (χ4n) is 4.15. The van der Waals surface area contributed by atoms with E-state index in [9.17, 15) is 14.7 Å². The molecule has 2 aromatic carbocycles. The zero-order valence-electron chi connectivity index (χ0n) is 18.3. The number of carbonyl (C=O) groups is 2. The van der Waals surface area contributed by atoms with E-state index in [0.29, 0.717) is 66.7 Å². The summed E-state index contributed by atoms with van der Waals surface area (Å²) in [4.78, 5) is 32.6. The van der Waals surface area contributed by atoms with Gasteiger partial charge in [-0.15, -0.1) is 0 Å². The number of β-amino-alcohol motifs (C(OH)–C–C–N with tert-alkyl or cyclic N) is 1. The molecule has 2 aromatic rings. The normalized spacial score (nSPS) is 17.3. The van der Waals surface area contributed by atoms with E-state index in [1.165, 1.54) is 4.90 Å². The van der Waals surface area contributed by atoms with Crippen molar-refractivity contribution in [3.05, 3.63) is 59.8 Å². The van der Waals surface area contributed by atoms with Crippen molar-refractivity contribution < 1.29 is 24.2 Å². The molecule has 0 aliphatic carbocycles. The van der Waals surface area contributed by atoms with E-state index in [2.05, 4.69) is 4.90 Å². The number of amides is 2. The van der Waals surface area contributed by atoms with Crippen LogP contribution in [0.4, 0.5) is 5.69 Å². The molecule has 2 heterocycles. The summed E-state index contributed by atoms with van der Waals surface area (Å²) in [6.07, 6.45) is 0. The van der Waals surface area contributed by atoms with Crippen molar-refractivity contribution >= 4 is 23.1 Å². The molecule has 168 valence electrons. The second kappa shape index (κ2) is 9.42. The van der Waals surface area contributed by atoms with E-state index < -0.39 is 0 Å². The van der Waals surface area contributed by atoms with Gasteiger partial charge in [0, 0.05) is 38.8 Å². The summed E-state index contributed by atoms with van der Waals surface area (Å²) in [5.41, 5.74) is 1.93. The highest BCUT2D eigenvalue weighted by Gasteiger charge is 2.43. The highest BCUT2D eigenvalue weighted by Crippen LogP contribution is 2.36. The van der Waals surface area contributed by atoms with Crippen LogP contribution in [-0.4, -0.2) is 80.3 Å². The standard InChI is InChI=1S/C24H27N3O5/c1-31-19-8-6-17(7-9-19)21-22(26-12-10-25(11-13-26)14-15-28)24(30)27(23(21)29)18-4-3-5-20(16-18)32-2/h3-9,16,28H,10-15H2,1-2H3. The summed E-state index contributed by atoms with van der Waals surface area (Å²) < 4.78 is 10.5. The van der Waals surface area contributed by atoms with Crippen molar-refractivity contribution in [1.82, 2.24) is 9.80 Å². The highest BCUT2D eigenvalue weighted by atomic mass is 16.5. The largest absolute Gasteiger partial charge is 0.497 e. The first kappa shape index (κ1) is 21.9. The third kappa shape index (κ3) is 4.06. The van der Waals surface area contributed by atoms with Crippen LogP contribution in [0.2, 0.25) is 0 Å². The molecule has 2 aliphatic rings. The average Bonchev–Trinajstić information content (AvgIpc) is 3.09. The van der Waals surface area contributed by atoms with Gasteiger partial charge in [-0.1, -0.05) is 18.2 Å². The molecule has 0 aromatic heterocycles. The number of aliphatic hydroxyl groups excluding tert-OH is 1. The second-order valence-corrected chi connectivity index (χ2v) is 7.65. The number of hydrogen-bond donors (Lipinski definition) is 1. The smallest absolute Gasteiger partial charge is 0.282 e. The number of anilines is 1. The molecule has 2 amide bonds. The zero-order valence-corrected chi connectivity index (χ0v) is 18.3. The predicted molar refractivity (Wildman–Crippen MR) is 120 cm³/mol. The number of carbonyl (C=O) groups excluding carboxylic acids is 2. The van der Waals surface area contributed by atoms with E-state index in [1.807, 2.05) is 4.90 Å². The number of nitrogens with zero attached hydrogens (tertiary/aromatic N) is 3. The Bertz CT molecular complexity index is 1030. The van der Waals surface area contributed by atoms with Crippen LogP contribution >= 0.6 is 0 Å². The van der Waals surface area contributed by atoms with Gasteiger partial charge in [-0.3, -0.25) is 14.5 Å². The van der Waals surface area contributed by atoms with Gasteiger partial charge in [0.2, 0.25) is 0 Å². The Kier molecular flexibility index (Phi) is 6.43. The van der Waals surface area contributed by atoms with E-state index >= 15 is 0 Å². The van der Waals surface area contributed by atoms with Gasteiger partial charge in [-0.25, -0.2) is 4.90 Å². The van der Waals surface area contributed by atoms with Crippen molar-refractivity contribution in [2.24, 2.45) is 0 Å². The Morgan fingerprint density at radius 2 is 1.56 bits per heavy atom. The lowest BCUT2D eigenvalue weighted by Gasteiger charge is -2.36. The first-order valence-electron chi connectivity index (χ1n) is 10.6. The Labute approximate surface area is 187 Å². The summed E-state index contributed by atoms with van der Waals surface area (Å²) in [6, 6.07) is 14.1. The van der Waals surface area contributed by atoms with Gasteiger partial charge in [0.1, 0.15) is 17.2 Å². The van der Waals surface area contributed by atoms with E-state index in [-0.39, 0.29) is 18.4 Å². The minimum atomic E-state index is -0.360. The molecule has 1 saturated heterocycles. The number of rotatable bonds is 7. The third-order valence-corrected chi connectivity index (χ3v) is 5.85. The van der Waals surface area contributed by atoms with Crippen LogP contribution < -0.4 is 14.4 Å². The van der Waals surface area contributed by atoms with Crippen LogP contribution in [0, 0.1) is 0 Å². The number of benzene rings is 2. The first-order chi connectivity index (χ1) is 15.6. The lowest BCUT2D eigenvalue weighted by atomic mass is 10.0. The van der Waals surface area contributed by atoms with Crippen molar-refractivity contribution in [3.63, 3.8) is 0 Å². The number of imide groups is 1. The molecule has 8 heteroatoms. The Balaban J connectivity index is 1.73. The number of aliphatic hydroxyl groups is 1. The highest BCUT2D eigenvalue weighted by molar-refractivity contribution is 6.45.